The summed E-state index contributed by atoms with van der Waals surface area (Å²) < 4.78 is 30.2. The highest BCUT2D eigenvalue weighted by Gasteiger charge is 2.26. The van der Waals surface area contributed by atoms with E-state index in [2.05, 4.69) is 10.2 Å². The molecule has 8 nitrogen and oxygen atoms in total. The normalized spacial score (nSPS) is 15.0. The zero-order chi connectivity index (χ0) is 25.7. The van der Waals surface area contributed by atoms with Gasteiger partial charge in [-0.2, -0.15) is 0 Å². The number of anilines is 1. The molecule has 1 fully saturated rings. The molecule has 9 heteroatoms. The van der Waals surface area contributed by atoms with Gasteiger partial charge in [0.1, 0.15) is 17.1 Å². The zero-order valence-corrected chi connectivity index (χ0v) is 20.0. The van der Waals surface area contributed by atoms with Crippen molar-refractivity contribution in [3.63, 3.8) is 0 Å². The first-order valence-electron chi connectivity index (χ1n) is 11.4. The summed E-state index contributed by atoms with van der Waals surface area (Å²) in [6, 6.07) is 15.7. The molecule has 0 radical (unpaired) electrons. The van der Waals surface area contributed by atoms with Crippen LogP contribution in [0.1, 0.15) is 32.7 Å². The highest BCUT2D eigenvalue weighted by atomic mass is 19.1. The molecule has 0 aliphatic carbocycles. The molecule has 1 heterocycles. The van der Waals surface area contributed by atoms with Crippen LogP contribution in [0, 0.1) is 5.82 Å². The van der Waals surface area contributed by atoms with Crippen molar-refractivity contribution in [1.82, 2.24) is 5.32 Å². The predicted octanol–water partition coefficient (Wildman–Crippen LogP) is 3.76. The van der Waals surface area contributed by atoms with Crippen molar-refractivity contribution in [1.29, 1.82) is 0 Å². The Labute approximate surface area is 208 Å². The van der Waals surface area contributed by atoms with Crippen molar-refractivity contribution >= 4 is 17.4 Å². The van der Waals surface area contributed by atoms with Crippen LogP contribution in [-0.4, -0.2) is 56.9 Å². The molecule has 1 aliphatic heterocycles. The molecule has 188 valence electrons. The van der Waals surface area contributed by atoms with Gasteiger partial charge in [0, 0.05) is 43.1 Å². The Morgan fingerprint density at radius 2 is 1.67 bits per heavy atom. The predicted molar refractivity (Wildman–Crippen MR) is 132 cm³/mol. The molecule has 0 aromatic heterocycles. The Kier molecular flexibility index (Phi) is 7.70. The monoisotopic (exact) mass is 494 g/mol. The number of carbonyl (C=O) groups excluding carboxylic acids is 2. The quantitative estimate of drug-likeness (QED) is 0.345. The third kappa shape index (κ3) is 5.41. The van der Waals surface area contributed by atoms with Crippen LogP contribution in [0.3, 0.4) is 0 Å². The second-order valence-corrected chi connectivity index (χ2v) is 8.33. The maximum absolute atomic E-state index is 15.0. The third-order valence-corrected chi connectivity index (χ3v) is 6.00. The van der Waals surface area contributed by atoms with Gasteiger partial charge in [0.15, 0.2) is 24.1 Å². The van der Waals surface area contributed by atoms with E-state index in [1.54, 1.807) is 12.1 Å². The number of phenols is 1. The summed E-state index contributed by atoms with van der Waals surface area (Å²) >= 11 is 0. The number of hydrogen-bond donors (Lipinski definition) is 2. The first-order chi connectivity index (χ1) is 17.4. The molecule has 1 unspecified atom stereocenters. The molecule has 1 aliphatic rings. The molecule has 4 rings (SSSR count). The Balaban J connectivity index is 1.44. The Bertz CT molecular complexity index is 1230. The fraction of sp³-hybridized carbons (Fsp3) is 0.259. The summed E-state index contributed by atoms with van der Waals surface area (Å²) in [4.78, 5) is 28.1. The molecule has 2 N–H and O–H groups in total. The number of halogens is 1. The number of nitrogens with zero attached hydrogens (tertiary/aromatic N) is 1. The molecule has 0 bridgehead atoms. The SMILES string of the molecule is COCOc1ccc(OC)c(F)c1C(=O)c1ccc(C(=O)NC2CCN(c3ccc(O)cc3)C2)cc1. The van der Waals surface area contributed by atoms with Crippen molar-refractivity contribution < 1.29 is 33.3 Å². The van der Waals surface area contributed by atoms with E-state index in [4.69, 9.17) is 14.2 Å². The van der Waals surface area contributed by atoms with Gasteiger partial charge >= 0.3 is 0 Å². The summed E-state index contributed by atoms with van der Waals surface area (Å²) in [6.45, 7) is 1.27. The average Bonchev–Trinajstić information content (AvgIpc) is 3.36. The van der Waals surface area contributed by atoms with E-state index >= 15 is 0 Å². The van der Waals surface area contributed by atoms with Gasteiger partial charge in [-0.05, 0) is 55.0 Å². The third-order valence-electron chi connectivity index (χ3n) is 6.00. The lowest BCUT2D eigenvalue weighted by Crippen LogP contribution is -2.37. The minimum atomic E-state index is -0.836. The van der Waals surface area contributed by atoms with Crippen molar-refractivity contribution in [3.8, 4) is 17.2 Å². The number of rotatable bonds is 9. The van der Waals surface area contributed by atoms with Crippen molar-refractivity contribution in [2.24, 2.45) is 0 Å². The molecular weight excluding hydrogens is 467 g/mol. The molecule has 0 spiro atoms. The minimum absolute atomic E-state index is 0.0291. The lowest BCUT2D eigenvalue weighted by Gasteiger charge is -2.19. The fourth-order valence-electron chi connectivity index (χ4n) is 4.11. The summed E-state index contributed by atoms with van der Waals surface area (Å²) in [6.07, 6.45) is 0.780. The van der Waals surface area contributed by atoms with Gasteiger partial charge < -0.3 is 29.5 Å². The Morgan fingerprint density at radius 1 is 1.00 bits per heavy atom. The van der Waals surface area contributed by atoms with Crippen LogP contribution in [-0.2, 0) is 4.74 Å². The van der Waals surface area contributed by atoms with Gasteiger partial charge in [0.05, 0.1) is 7.11 Å². The van der Waals surface area contributed by atoms with Gasteiger partial charge in [-0.3, -0.25) is 9.59 Å². The highest BCUT2D eigenvalue weighted by Crippen LogP contribution is 2.31. The number of benzene rings is 3. The van der Waals surface area contributed by atoms with E-state index in [0.717, 1.165) is 18.7 Å². The van der Waals surface area contributed by atoms with Gasteiger partial charge in [0.25, 0.3) is 5.91 Å². The molecule has 1 atom stereocenters. The maximum atomic E-state index is 15.0. The summed E-state index contributed by atoms with van der Waals surface area (Å²) in [7, 11) is 2.73. The molecule has 1 amide bonds. The van der Waals surface area contributed by atoms with E-state index in [1.807, 2.05) is 12.1 Å². The van der Waals surface area contributed by atoms with E-state index in [0.29, 0.717) is 12.1 Å². The lowest BCUT2D eigenvalue weighted by atomic mass is 10.00. The largest absolute Gasteiger partial charge is 0.508 e. The molecule has 1 saturated heterocycles. The average molecular weight is 495 g/mol. The van der Waals surface area contributed by atoms with Crippen LogP contribution in [0.2, 0.25) is 0 Å². The van der Waals surface area contributed by atoms with Gasteiger partial charge in [-0.1, -0.05) is 12.1 Å². The van der Waals surface area contributed by atoms with Crippen LogP contribution in [0.15, 0.2) is 60.7 Å². The van der Waals surface area contributed by atoms with Crippen molar-refractivity contribution in [2.75, 3.05) is 39.0 Å². The summed E-state index contributed by atoms with van der Waals surface area (Å²) in [5, 5.41) is 12.5. The second-order valence-electron chi connectivity index (χ2n) is 8.33. The van der Waals surface area contributed by atoms with E-state index in [-0.39, 0.29) is 47.1 Å². The summed E-state index contributed by atoms with van der Waals surface area (Å²) in [5.74, 6) is -1.55. The Morgan fingerprint density at radius 3 is 2.33 bits per heavy atom. The van der Waals surface area contributed by atoms with Crippen LogP contribution >= 0.6 is 0 Å². The van der Waals surface area contributed by atoms with Gasteiger partial charge in [-0.15, -0.1) is 0 Å². The molecule has 3 aromatic carbocycles. The fourth-order valence-corrected chi connectivity index (χ4v) is 4.11. The first kappa shape index (κ1) is 25.0. The number of hydrogen-bond acceptors (Lipinski definition) is 7. The van der Waals surface area contributed by atoms with E-state index in [1.165, 1.54) is 50.6 Å². The second kappa shape index (κ2) is 11.1. The highest BCUT2D eigenvalue weighted by molar-refractivity contribution is 6.11. The molecule has 0 saturated carbocycles. The van der Waals surface area contributed by atoms with Crippen LogP contribution in [0.4, 0.5) is 10.1 Å². The minimum Gasteiger partial charge on any atom is -0.508 e. The number of nitrogens with one attached hydrogen (secondary N) is 1. The number of ketones is 1. The standard InChI is InChI=1S/C27H27FN2O6/c1-34-16-36-22-11-12-23(35-2)25(28)24(22)26(32)17-3-5-18(6-4-17)27(33)29-19-13-14-30(15-19)20-7-9-21(31)10-8-20/h3-12,19,31H,13-16H2,1-2H3,(H,29,33). The smallest absolute Gasteiger partial charge is 0.251 e. The number of aromatic hydroxyl groups is 1. The number of methoxy groups -OCH3 is 2. The van der Waals surface area contributed by atoms with Crippen LogP contribution < -0.4 is 19.7 Å². The van der Waals surface area contributed by atoms with Crippen molar-refractivity contribution in [3.05, 3.63) is 83.2 Å². The molecule has 36 heavy (non-hydrogen) atoms. The molecular formula is C27H27FN2O6. The van der Waals surface area contributed by atoms with Crippen LogP contribution in [0.5, 0.6) is 17.2 Å². The number of amides is 1. The Hall–Kier alpha value is -4.11. The lowest BCUT2D eigenvalue weighted by molar-refractivity contribution is 0.0500. The zero-order valence-electron chi connectivity index (χ0n) is 20.0. The van der Waals surface area contributed by atoms with E-state index < -0.39 is 11.6 Å². The van der Waals surface area contributed by atoms with Crippen LogP contribution in [0.25, 0.3) is 0 Å². The summed E-state index contributed by atoms with van der Waals surface area (Å²) in [5.41, 5.74) is 1.28. The number of carbonyl (C=O) groups is 2. The topological polar surface area (TPSA) is 97.3 Å². The first-order valence-corrected chi connectivity index (χ1v) is 11.4. The van der Waals surface area contributed by atoms with Gasteiger partial charge in [0.2, 0.25) is 0 Å². The van der Waals surface area contributed by atoms with E-state index in [9.17, 15) is 19.1 Å². The number of ether oxygens (including phenoxy) is 3. The number of phenolic OH excluding ortho intramolecular Hbond substituents is 1. The molecule has 3 aromatic rings. The van der Waals surface area contributed by atoms with Gasteiger partial charge in [-0.25, -0.2) is 4.39 Å². The maximum Gasteiger partial charge on any atom is 0.251 e. The van der Waals surface area contributed by atoms with Crippen molar-refractivity contribution in [2.45, 2.75) is 12.5 Å².